The molecule has 1 aromatic heterocycles. The second kappa shape index (κ2) is 8.14. The van der Waals surface area contributed by atoms with E-state index in [1.807, 2.05) is 43.3 Å². The molecular weight excluding hydrogens is 396 g/mol. The molecular formula is C23H22N4O4. The van der Waals surface area contributed by atoms with Gasteiger partial charge in [0.1, 0.15) is 12.6 Å². The minimum atomic E-state index is -0.880. The number of imide groups is 1. The van der Waals surface area contributed by atoms with Crippen LogP contribution in [-0.2, 0) is 27.5 Å². The Morgan fingerprint density at radius 3 is 2.58 bits per heavy atom. The second-order valence-corrected chi connectivity index (χ2v) is 7.68. The third kappa shape index (κ3) is 3.84. The summed E-state index contributed by atoms with van der Waals surface area (Å²) in [5.41, 5.74) is 1.98. The summed E-state index contributed by atoms with van der Waals surface area (Å²) in [5, 5.41) is 0.430. The van der Waals surface area contributed by atoms with Gasteiger partial charge in [-0.25, -0.2) is 4.98 Å². The number of hydrogen-bond acceptors (Lipinski definition) is 5. The van der Waals surface area contributed by atoms with E-state index in [4.69, 9.17) is 0 Å². The van der Waals surface area contributed by atoms with Gasteiger partial charge in [-0.3, -0.25) is 28.6 Å². The van der Waals surface area contributed by atoms with E-state index < -0.39 is 17.9 Å². The molecule has 8 heteroatoms. The zero-order valence-electron chi connectivity index (χ0n) is 17.3. The van der Waals surface area contributed by atoms with E-state index in [0.717, 1.165) is 11.1 Å². The molecule has 0 saturated carbocycles. The fraction of sp³-hybridized carbons (Fsp3) is 0.261. The highest BCUT2D eigenvalue weighted by Crippen LogP contribution is 2.21. The number of amides is 3. The van der Waals surface area contributed by atoms with E-state index in [9.17, 15) is 19.2 Å². The lowest BCUT2D eigenvalue weighted by Gasteiger charge is -2.23. The van der Waals surface area contributed by atoms with Gasteiger partial charge in [0.15, 0.2) is 0 Å². The molecule has 1 saturated heterocycles. The standard InChI is InChI=1S/C23H22N4O4/c1-15-7-6-10-17-21(15)24-14-26(22(17)30)13-20(29)25(2)18-11-19(28)27(23(18)31)12-16-8-4-3-5-9-16/h3-10,14,18H,11-13H2,1-2H3. The summed E-state index contributed by atoms with van der Waals surface area (Å²) in [6, 6.07) is 13.6. The maximum absolute atomic E-state index is 12.8. The average molecular weight is 418 g/mol. The van der Waals surface area contributed by atoms with Crippen LogP contribution in [0.4, 0.5) is 0 Å². The Morgan fingerprint density at radius 2 is 1.84 bits per heavy atom. The molecule has 1 atom stereocenters. The Hall–Kier alpha value is -3.81. The number of hydrogen-bond donors (Lipinski definition) is 0. The van der Waals surface area contributed by atoms with Crippen molar-refractivity contribution >= 4 is 28.6 Å². The average Bonchev–Trinajstić information content (AvgIpc) is 3.04. The quantitative estimate of drug-likeness (QED) is 0.586. The van der Waals surface area contributed by atoms with Gasteiger partial charge < -0.3 is 4.90 Å². The predicted molar refractivity (Wildman–Crippen MR) is 114 cm³/mol. The predicted octanol–water partition coefficient (Wildman–Crippen LogP) is 1.49. The highest BCUT2D eigenvalue weighted by Gasteiger charge is 2.42. The van der Waals surface area contributed by atoms with Crippen LogP contribution in [0, 0.1) is 6.92 Å². The van der Waals surface area contributed by atoms with Crippen molar-refractivity contribution in [2.45, 2.75) is 32.5 Å². The Balaban J connectivity index is 1.50. The maximum Gasteiger partial charge on any atom is 0.261 e. The van der Waals surface area contributed by atoms with Gasteiger partial charge in [-0.2, -0.15) is 0 Å². The first-order valence-corrected chi connectivity index (χ1v) is 9.95. The smallest absolute Gasteiger partial charge is 0.261 e. The number of fused-ring (bicyclic) bond motifs is 1. The fourth-order valence-electron chi connectivity index (χ4n) is 3.78. The van der Waals surface area contributed by atoms with Crippen LogP contribution in [0.25, 0.3) is 10.9 Å². The van der Waals surface area contributed by atoms with Gasteiger partial charge in [0, 0.05) is 7.05 Å². The summed E-state index contributed by atoms with van der Waals surface area (Å²) in [4.78, 5) is 57.6. The molecule has 0 bridgehead atoms. The van der Waals surface area contributed by atoms with Gasteiger partial charge in [-0.15, -0.1) is 0 Å². The molecule has 4 rings (SSSR count). The minimum Gasteiger partial charge on any atom is -0.332 e. The molecule has 1 unspecified atom stereocenters. The first-order valence-electron chi connectivity index (χ1n) is 9.95. The highest BCUT2D eigenvalue weighted by atomic mass is 16.2. The van der Waals surface area contributed by atoms with Crippen molar-refractivity contribution in [1.82, 2.24) is 19.4 Å². The van der Waals surface area contributed by atoms with Crippen LogP contribution in [0.3, 0.4) is 0 Å². The summed E-state index contributed by atoms with van der Waals surface area (Å²) < 4.78 is 1.23. The molecule has 2 aromatic carbocycles. The maximum atomic E-state index is 12.8. The SMILES string of the molecule is Cc1cccc2c(=O)n(CC(=O)N(C)C3CC(=O)N(Cc4ccccc4)C3=O)cnc12. The summed E-state index contributed by atoms with van der Waals surface area (Å²) in [5.74, 6) is -1.17. The lowest BCUT2D eigenvalue weighted by atomic mass is 10.1. The van der Waals surface area contributed by atoms with Gasteiger partial charge in [0.25, 0.3) is 11.5 Å². The van der Waals surface area contributed by atoms with Crippen molar-refractivity contribution in [1.29, 1.82) is 0 Å². The normalized spacial score (nSPS) is 16.2. The summed E-state index contributed by atoms with van der Waals surface area (Å²) >= 11 is 0. The largest absolute Gasteiger partial charge is 0.332 e. The molecule has 2 heterocycles. The van der Waals surface area contributed by atoms with Crippen molar-refractivity contribution in [3.63, 3.8) is 0 Å². The molecule has 0 N–H and O–H groups in total. The Kier molecular flexibility index (Phi) is 5.37. The van der Waals surface area contributed by atoms with Crippen molar-refractivity contribution < 1.29 is 14.4 Å². The molecule has 0 aliphatic carbocycles. The van der Waals surface area contributed by atoms with Crippen LogP contribution in [0.15, 0.2) is 59.7 Å². The molecule has 0 radical (unpaired) electrons. The number of nitrogens with zero attached hydrogens (tertiary/aromatic N) is 4. The van der Waals surface area contributed by atoms with E-state index in [1.54, 1.807) is 12.1 Å². The summed E-state index contributed by atoms with van der Waals surface area (Å²) in [6.07, 6.45) is 1.27. The van der Waals surface area contributed by atoms with Gasteiger partial charge >= 0.3 is 0 Å². The molecule has 0 spiro atoms. The van der Waals surface area contributed by atoms with Gasteiger partial charge in [-0.1, -0.05) is 42.5 Å². The van der Waals surface area contributed by atoms with Crippen LogP contribution >= 0.6 is 0 Å². The highest BCUT2D eigenvalue weighted by molar-refractivity contribution is 6.06. The summed E-state index contributed by atoms with van der Waals surface area (Å²) in [7, 11) is 1.48. The number of aromatic nitrogens is 2. The Morgan fingerprint density at radius 1 is 1.10 bits per heavy atom. The Bertz CT molecular complexity index is 1240. The number of para-hydroxylation sites is 1. The van der Waals surface area contributed by atoms with Crippen molar-refractivity contribution in [2.24, 2.45) is 0 Å². The molecule has 1 aliphatic heterocycles. The zero-order chi connectivity index (χ0) is 22.1. The van der Waals surface area contributed by atoms with Crippen LogP contribution in [0.2, 0.25) is 0 Å². The van der Waals surface area contributed by atoms with E-state index in [2.05, 4.69) is 4.98 Å². The van der Waals surface area contributed by atoms with Crippen LogP contribution in [0.5, 0.6) is 0 Å². The lowest BCUT2D eigenvalue weighted by molar-refractivity contribution is -0.144. The monoisotopic (exact) mass is 418 g/mol. The molecule has 31 heavy (non-hydrogen) atoms. The number of likely N-dealkylation sites (tertiary alicyclic amines) is 1. The molecule has 1 aliphatic rings. The first-order chi connectivity index (χ1) is 14.9. The van der Waals surface area contributed by atoms with Crippen LogP contribution in [-0.4, -0.2) is 50.2 Å². The van der Waals surface area contributed by atoms with Gasteiger partial charge in [0.05, 0.1) is 30.2 Å². The van der Waals surface area contributed by atoms with Crippen molar-refractivity contribution in [3.8, 4) is 0 Å². The van der Waals surface area contributed by atoms with Gasteiger partial charge in [0.2, 0.25) is 11.8 Å². The molecule has 3 aromatic rings. The first kappa shape index (κ1) is 20.5. The number of carbonyl (C=O) groups excluding carboxylic acids is 3. The molecule has 8 nitrogen and oxygen atoms in total. The third-order valence-corrected chi connectivity index (χ3v) is 5.63. The lowest BCUT2D eigenvalue weighted by Crippen LogP contribution is -2.44. The van der Waals surface area contributed by atoms with E-state index in [-0.39, 0.29) is 31.0 Å². The number of rotatable bonds is 5. The van der Waals surface area contributed by atoms with Gasteiger partial charge in [-0.05, 0) is 24.1 Å². The van der Waals surface area contributed by atoms with Crippen LogP contribution < -0.4 is 5.56 Å². The van der Waals surface area contributed by atoms with E-state index >= 15 is 0 Å². The minimum absolute atomic E-state index is 0.0715. The molecule has 1 fully saturated rings. The van der Waals surface area contributed by atoms with E-state index in [0.29, 0.717) is 10.9 Å². The van der Waals surface area contributed by atoms with Crippen molar-refractivity contribution in [3.05, 3.63) is 76.3 Å². The van der Waals surface area contributed by atoms with Crippen molar-refractivity contribution in [2.75, 3.05) is 7.05 Å². The fourth-order valence-corrected chi connectivity index (χ4v) is 3.78. The second-order valence-electron chi connectivity index (χ2n) is 7.68. The number of aryl methyl sites for hydroxylation is 1. The Labute approximate surface area is 178 Å². The van der Waals surface area contributed by atoms with Crippen LogP contribution in [0.1, 0.15) is 17.5 Å². The number of benzene rings is 2. The molecule has 3 amide bonds. The number of likely N-dealkylation sites (N-methyl/N-ethyl adjacent to an activating group) is 1. The zero-order valence-corrected chi connectivity index (χ0v) is 17.3. The van der Waals surface area contributed by atoms with E-state index in [1.165, 1.54) is 27.7 Å². The topological polar surface area (TPSA) is 92.6 Å². The third-order valence-electron chi connectivity index (χ3n) is 5.63. The summed E-state index contributed by atoms with van der Waals surface area (Å²) in [6.45, 7) is 1.77. The number of carbonyl (C=O) groups is 3. The molecule has 158 valence electrons.